The maximum absolute atomic E-state index is 10.0. The van der Waals surface area contributed by atoms with Gasteiger partial charge in [0.15, 0.2) is 0 Å². The third kappa shape index (κ3) is 3.82. The molecule has 5 atom stereocenters. The van der Waals surface area contributed by atoms with Crippen molar-refractivity contribution in [1.82, 2.24) is 0 Å². The minimum absolute atomic E-state index is 0.410. The van der Waals surface area contributed by atoms with Crippen LogP contribution in [0.1, 0.15) is 12.5 Å². The van der Waals surface area contributed by atoms with Crippen molar-refractivity contribution in [2.45, 2.75) is 37.6 Å². The maximum atomic E-state index is 10.0. The summed E-state index contributed by atoms with van der Waals surface area (Å²) < 4.78 is 16.1. The van der Waals surface area contributed by atoms with Crippen LogP contribution in [-0.4, -0.2) is 64.8 Å². The summed E-state index contributed by atoms with van der Waals surface area (Å²) in [6.45, 7) is 1.34. The van der Waals surface area contributed by atoms with Crippen molar-refractivity contribution < 1.29 is 34.6 Å². The van der Waals surface area contributed by atoms with E-state index in [0.29, 0.717) is 17.1 Å². The lowest BCUT2D eigenvalue weighted by atomic mass is 9.99. The number of aliphatic hydroxyl groups excluding tert-OH is 4. The summed E-state index contributed by atoms with van der Waals surface area (Å²) in [7, 11) is 1.55. The Morgan fingerprint density at radius 3 is 2.52 bits per heavy atom. The van der Waals surface area contributed by atoms with Gasteiger partial charge in [-0.25, -0.2) is 0 Å². The quantitative estimate of drug-likeness (QED) is 0.599. The third-order valence-corrected chi connectivity index (χ3v) is 3.65. The topological polar surface area (TPSA) is 109 Å². The first kappa shape index (κ1) is 17.7. The van der Waals surface area contributed by atoms with Crippen molar-refractivity contribution in [3.05, 3.63) is 29.8 Å². The second-order valence-corrected chi connectivity index (χ2v) is 5.22. The van der Waals surface area contributed by atoms with Gasteiger partial charge in [-0.2, -0.15) is 0 Å². The normalized spacial score (nSPS) is 31.3. The van der Waals surface area contributed by atoms with Crippen LogP contribution in [0.15, 0.2) is 24.3 Å². The predicted molar refractivity (Wildman–Crippen MR) is 82.1 cm³/mol. The number of ether oxygens (including phenoxy) is 3. The van der Waals surface area contributed by atoms with Crippen LogP contribution >= 0.6 is 0 Å². The van der Waals surface area contributed by atoms with E-state index in [1.54, 1.807) is 31.4 Å². The van der Waals surface area contributed by atoms with Gasteiger partial charge in [0, 0.05) is 5.56 Å². The van der Waals surface area contributed by atoms with Crippen molar-refractivity contribution in [3.63, 3.8) is 0 Å². The van der Waals surface area contributed by atoms with Gasteiger partial charge in [-0.05, 0) is 25.1 Å². The number of benzene rings is 1. The lowest BCUT2D eigenvalue weighted by Gasteiger charge is -2.39. The number of rotatable bonds is 5. The number of hydrogen-bond donors (Lipinski definition) is 4. The average Bonchev–Trinajstić information content (AvgIpc) is 2.56. The minimum Gasteiger partial charge on any atom is -0.497 e. The van der Waals surface area contributed by atoms with Gasteiger partial charge in [0.1, 0.15) is 35.9 Å². The zero-order valence-electron chi connectivity index (χ0n) is 13.0. The summed E-state index contributed by atoms with van der Waals surface area (Å²) in [4.78, 5) is 0. The van der Waals surface area contributed by atoms with Crippen LogP contribution in [0.5, 0.6) is 11.5 Å². The molecule has 0 radical (unpaired) electrons. The second-order valence-electron chi connectivity index (χ2n) is 5.22. The molecule has 0 spiro atoms. The number of methoxy groups -OCH3 is 1. The maximum Gasteiger partial charge on any atom is 0.229 e. The first-order valence-electron chi connectivity index (χ1n) is 7.29. The van der Waals surface area contributed by atoms with Crippen LogP contribution in [0.3, 0.4) is 0 Å². The van der Waals surface area contributed by atoms with Gasteiger partial charge in [-0.15, -0.1) is 0 Å². The Morgan fingerprint density at radius 1 is 1.17 bits per heavy atom. The molecule has 1 fully saturated rings. The van der Waals surface area contributed by atoms with Crippen LogP contribution in [0.4, 0.5) is 0 Å². The fraction of sp³-hybridized carbons (Fsp3) is 0.500. The molecule has 7 nitrogen and oxygen atoms in total. The van der Waals surface area contributed by atoms with Gasteiger partial charge in [0.25, 0.3) is 0 Å². The number of aliphatic hydroxyl groups is 4. The van der Waals surface area contributed by atoms with Gasteiger partial charge in [-0.3, -0.25) is 0 Å². The van der Waals surface area contributed by atoms with E-state index in [4.69, 9.17) is 14.2 Å². The minimum atomic E-state index is -1.48. The highest BCUT2D eigenvalue weighted by Gasteiger charge is 2.44. The van der Waals surface area contributed by atoms with Crippen molar-refractivity contribution in [2.75, 3.05) is 13.7 Å². The Bertz CT molecular complexity index is 543. The third-order valence-electron chi connectivity index (χ3n) is 3.65. The molecule has 4 N–H and O–H groups in total. The molecule has 0 amide bonds. The highest BCUT2D eigenvalue weighted by Crippen LogP contribution is 2.29. The first-order chi connectivity index (χ1) is 11.0. The Kier molecular flexibility index (Phi) is 5.97. The highest BCUT2D eigenvalue weighted by molar-refractivity contribution is 5.59. The lowest BCUT2D eigenvalue weighted by molar-refractivity contribution is -0.277. The Morgan fingerprint density at radius 2 is 1.91 bits per heavy atom. The molecule has 2 rings (SSSR count). The summed E-state index contributed by atoms with van der Waals surface area (Å²) >= 11 is 0. The lowest BCUT2D eigenvalue weighted by Crippen LogP contribution is -2.60. The smallest absolute Gasteiger partial charge is 0.229 e. The largest absolute Gasteiger partial charge is 0.497 e. The molecule has 128 valence electrons. The summed E-state index contributed by atoms with van der Waals surface area (Å²) in [5.74, 6) is 1.05. The fourth-order valence-corrected chi connectivity index (χ4v) is 2.36. The van der Waals surface area contributed by atoms with Crippen LogP contribution in [-0.2, 0) is 4.74 Å². The SMILES string of the molecule is CC=Cc1cc(OC)ccc1OC1OC(CO)C(O)C(O)C1O. The number of hydrogen-bond acceptors (Lipinski definition) is 7. The van der Waals surface area contributed by atoms with Crippen LogP contribution in [0, 0.1) is 0 Å². The van der Waals surface area contributed by atoms with E-state index < -0.39 is 37.3 Å². The molecular weight excluding hydrogens is 304 g/mol. The van der Waals surface area contributed by atoms with Crippen molar-refractivity contribution in [1.29, 1.82) is 0 Å². The van der Waals surface area contributed by atoms with E-state index in [-0.39, 0.29) is 0 Å². The molecular formula is C16H22O7. The summed E-state index contributed by atoms with van der Waals surface area (Å²) in [6, 6.07) is 5.08. The van der Waals surface area contributed by atoms with E-state index in [0.717, 1.165) is 0 Å². The van der Waals surface area contributed by atoms with E-state index in [1.807, 2.05) is 13.0 Å². The molecule has 1 saturated heterocycles. The average molecular weight is 326 g/mol. The molecule has 5 unspecified atom stereocenters. The second kappa shape index (κ2) is 7.76. The van der Waals surface area contributed by atoms with Gasteiger partial charge < -0.3 is 34.6 Å². The first-order valence-corrected chi connectivity index (χ1v) is 7.29. The summed E-state index contributed by atoms with van der Waals surface area (Å²) in [5, 5.41) is 38.8. The van der Waals surface area contributed by atoms with Gasteiger partial charge >= 0.3 is 0 Å². The van der Waals surface area contributed by atoms with Gasteiger partial charge in [0.05, 0.1) is 13.7 Å². The molecule has 1 heterocycles. The highest BCUT2D eigenvalue weighted by atomic mass is 16.7. The van der Waals surface area contributed by atoms with E-state index in [9.17, 15) is 20.4 Å². The molecule has 7 heteroatoms. The molecule has 23 heavy (non-hydrogen) atoms. The molecule has 1 aromatic rings. The summed E-state index contributed by atoms with van der Waals surface area (Å²) in [6.07, 6.45) is -2.97. The van der Waals surface area contributed by atoms with Gasteiger partial charge in [0.2, 0.25) is 6.29 Å². The van der Waals surface area contributed by atoms with Crippen molar-refractivity contribution in [2.24, 2.45) is 0 Å². The van der Waals surface area contributed by atoms with Crippen LogP contribution < -0.4 is 9.47 Å². The molecule has 1 aliphatic heterocycles. The van der Waals surface area contributed by atoms with Gasteiger partial charge in [-0.1, -0.05) is 12.2 Å². The molecule has 0 saturated carbocycles. The number of allylic oxidation sites excluding steroid dienone is 1. The summed E-state index contributed by atoms with van der Waals surface area (Å²) in [5.41, 5.74) is 0.698. The zero-order chi connectivity index (χ0) is 17.0. The Labute approximate surface area is 134 Å². The van der Waals surface area contributed by atoms with Crippen molar-refractivity contribution in [3.8, 4) is 11.5 Å². The molecule has 0 aliphatic carbocycles. The van der Waals surface area contributed by atoms with E-state index >= 15 is 0 Å². The Balaban J connectivity index is 2.23. The van der Waals surface area contributed by atoms with E-state index in [1.165, 1.54) is 0 Å². The Hall–Kier alpha value is -1.64. The molecule has 1 aromatic carbocycles. The predicted octanol–water partition coefficient (Wildman–Crippen LogP) is -0.0930. The zero-order valence-corrected chi connectivity index (χ0v) is 13.0. The molecule has 0 bridgehead atoms. The van der Waals surface area contributed by atoms with Crippen molar-refractivity contribution >= 4 is 6.08 Å². The molecule has 1 aliphatic rings. The molecule has 0 aromatic heterocycles. The fourth-order valence-electron chi connectivity index (χ4n) is 2.36. The van der Waals surface area contributed by atoms with Crippen LogP contribution in [0.25, 0.3) is 6.08 Å². The van der Waals surface area contributed by atoms with E-state index in [2.05, 4.69) is 0 Å². The standard InChI is InChI=1S/C16H22O7/c1-3-4-9-7-10(21-2)5-6-11(9)22-16-15(20)14(19)13(18)12(8-17)23-16/h3-7,12-20H,8H2,1-2H3. The van der Waals surface area contributed by atoms with Crippen LogP contribution in [0.2, 0.25) is 0 Å². The monoisotopic (exact) mass is 326 g/mol.